The van der Waals surface area contributed by atoms with Crippen LogP contribution in [0.3, 0.4) is 0 Å². The van der Waals surface area contributed by atoms with Gasteiger partial charge in [-0.3, -0.25) is 5.10 Å². The molecule has 2 heterocycles. The molecular weight excluding hydrogens is 354 g/mol. The van der Waals surface area contributed by atoms with E-state index >= 15 is 0 Å². The van der Waals surface area contributed by atoms with Crippen LogP contribution in [-0.2, 0) is 6.54 Å². The van der Waals surface area contributed by atoms with Crippen molar-refractivity contribution in [2.24, 2.45) is 0 Å². The molecule has 2 N–H and O–H groups in total. The largest absolute Gasteiger partial charge is 0.381 e. The second-order valence-electron chi connectivity index (χ2n) is 4.35. The maximum Gasteiger partial charge on any atom is 0.155 e. The molecule has 0 saturated carbocycles. The smallest absolute Gasteiger partial charge is 0.155 e. The first-order chi connectivity index (χ1) is 10.2. The summed E-state index contributed by atoms with van der Waals surface area (Å²) in [6.07, 6.45) is 1.49. The number of rotatable bonds is 4. The lowest BCUT2D eigenvalue weighted by molar-refractivity contribution is 1.08. The molecule has 0 atom stereocenters. The van der Waals surface area contributed by atoms with Gasteiger partial charge in [0.25, 0.3) is 0 Å². The van der Waals surface area contributed by atoms with Crippen LogP contribution in [0.25, 0.3) is 11.4 Å². The fraction of sp³-hybridized carbons (Fsp3) is 0.0714. The maximum atomic E-state index is 5.83. The normalized spacial score (nSPS) is 10.6. The molecule has 0 radical (unpaired) electrons. The van der Waals surface area contributed by atoms with Crippen LogP contribution in [0.1, 0.15) is 5.56 Å². The Hall–Kier alpha value is -1.92. The van der Waals surface area contributed by atoms with Crippen LogP contribution >= 0.6 is 27.5 Å². The number of nitrogens with one attached hydrogen (secondary N) is 2. The van der Waals surface area contributed by atoms with Gasteiger partial charge in [-0.25, -0.2) is 9.97 Å². The molecule has 21 heavy (non-hydrogen) atoms. The van der Waals surface area contributed by atoms with E-state index in [0.717, 1.165) is 27.2 Å². The Morgan fingerprint density at radius 2 is 2.14 bits per heavy atom. The van der Waals surface area contributed by atoms with E-state index < -0.39 is 0 Å². The average molecular weight is 365 g/mol. The van der Waals surface area contributed by atoms with Gasteiger partial charge in [0.05, 0.1) is 0 Å². The molecule has 3 aromatic rings. The van der Waals surface area contributed by atoms with Gasteiger partial charge in [0.15, 0.2) is 5.82 Å². The molecule has 2 aromatic heterocycles. The molecule has 0 saturated heterocycles. The summed E-state index contributed by atoms with van der Waals surface area (Å²) in [5.41, 5.74) is 3.00. The van der Waals surface area contributed by atoms with Crippen LogP contribution in [0.4, 0.5) is 5.69 Å². The third-order valence-corrected chi connectivity index (χ3v) is 3.82. The molecule has 0 unspecified atom stereocenters. The van der Waals surface area contributed by atoms with Gasteiger partial charge in [-0.2, -0.15) is 5.10 Å². The fourth-order valence-corrected chi connectivity index (χ4v) is 2.60. The summed E-state index contributed by atoms with van der Waals surface area (Å²) < 4.78 is 0.744. The molecule has 0 aliphatic heterocycles. The van der Waals surface area contributed by atoms with E-state index in [0.29, 0.717) is 11.7 Å². The van der Waals surface area contributed by atoms with Gasteiger partial charge < -0.3 is 5.32 Å². The van der Waals surface area contributed by atoms with Gasteiger partial charge in [-0.15, -0.1) is 0 Å². The Labute approximate surface area is 134 Å². The zero-order valence-corrected chi connectivity index (χ0v) is 13.2. The lowest BCUT2D eigenvalue weighted by Gasteiger charge is -2.09. The zero-order valence-electron chi connectivity index (χ0n) is 10.8. The van der Waals surface area contributed by atoms with Crippen LogP contribution in [0.5, 0.6) is 0 Å². The highest BCUT2D eigenvalue weighted by Crippen LogP contribution is 2.21. The number of halogens is 2. The van der Waals surface area contributed by atoms with Crippen LogP contribution in [-0.4, -0.2) is 20.2 Å². The van der Waals surface area contributed by atoms with E-state index in [1.165, 1.54) is 6.33 Å². The average Bonchev–Trinajstić information content (AvgIpc) is 3.01. The number of nitrogens with zero attached hydrogens (tertiary/aromatic N) is 3. The van der Waals surface area contributed by atoms with Crippen LogP contribution < -0.4 is 5.32 Å². The second-order valence-corrected chi connectivity index (χ2v) is 5.49. The molecule has 106 valence electrons. The van der Waals surface area contributed by atoms with Crippen molar-refractivity contribution < 1.29 is 0 Å². The SMILES string of the molecule is Clc1ccc(CNc2cccc(-c3ncn[nH]3)c2)c(Br)n1. The molecule has 3 rings (SSSR count). The highest BCUT2D eigenvalue weighted by Gasteiger charge is 2.04. The number of benzene rings is 1. The summed E-state index contributed by atoms with van der Waals surface area (Å²) in [7, 11) is 0. The quantitative estimate of drug-likeness (QED) is 0.689. The molecule has 0 aliphatic carbocycles. The van der Waals surface area contributed by atoms with E-state index in [4.69, 9.17) is 11.6 Å². The van der Waals surface area contributed by atoms with Crippen molar-refractivity contribution >= 4 is 33.2 Å². The van der Waals surface area contributed by atoms with Crippen molar-refractivity contribution in [3.63, 3.8) is 0 Å². The van der Waals surface area contributed by atoms with Gasteiger partial charge in [0.1, 0.15) is 16.1 Å². The molecule has 0 bridgehead atoms. The summed E-state index contributed by atoms with van der Waals surface area (Å²) >= 11 is 9.24. The molecule has 7 heteroatoms. The van der Waals surface area contributed by atoms with Crippen molar-refractivity contribution in [1.82, 2.24) is 20.2 Å². The van der Waals surface area contributed by atoms with E-state index in [-0.39, 0.29) is 0 Å². The van der Waals surface area contributed by atoms with Gasteiger partial charge >= 0.3 is 0 Å². The molecule has 0 fully saturated rings. The van der Waals surface area contributed by atoms with Gasteiger partial charge in [-0.05, 0) is 34.1 Å². The number of pyridine rings is 1. The Balaban J connectivity index is 1.75. The second kappa shape index (κ2) is 6.24. The van der Waals surface area contributed by atoms with Crippen LogP contribution in [0, 0.1) is 0 Å². The zero-order chi connectivity index (χ0) is 14.7. The van der Waals surface area contributed by atoms with Crippen molar-refractivity contribution in [1.29, 1.82) is 0 Å². The molecular formula is C14H11BrClN5. The molecule has 0 amide bonds. The van der Waals surface area contributed by atoms with E-state index in [9.17, 15) is 0 Å². The summed E-state index contributed by atoms with van der Waals surface area (Å²) in [5, 5.41) is 10.5. The first-order valence-electron chi connectivity index (χ1n) is 6.23. The minimum atomic E-state index is 0.470. The van der Waals surface area contributed by atoms with Crippen molar-refractivity contribution in [3.8, 4) is 11.4 Å². The van der Waals surface area contributed by atoms with Crippen molar-refractivity contribution in [3.05, 3.63) is 58.0 Å². The Morgan fingerprint density at radius 1 is 1.24 bits per heavy atom. The molecule has 0 spiro atoms. The number of aromatic nitrogens is 4. The molecule has 1 aromatic carbocycles. The third-order valence-electron chi connectivity index (χ3n) is 2.93. The standard InChI is InChI=1S/C14H11BrClN5/c15-13-10(4-5-12(16)20-13)7-17-11-3-1-2-9(6-11)14-18-8-19-21-14/h1-6,8,17H,7H2,(H,18,19,21). The Bertz CT molecular complexity index is 745. The summed E-state index contributed by atoms with van der Waals surface area (Å²) in [6.45, 7) is 0.643. The molecule has 5 nitrogen and oxygen atoms in total. The van der Waals surface area contributed by atoms with Gasteiger partial charge in [0, 0.05) is 23.4 Å². The summed E-state index contributed by atoms with van der Waals surface area (Å²) in [6, 6.07) is 11.7. The van der Waals surface area contributed by atoms with Crippen LogP contribution in [0.2, 0.25) is 5.15 Å². The first kappa shape index (κ1) is 14.0. The maximum absolute atomic E-state index is 5.83. The Morgan fingerprint density at radius 3 is 2.90 bits per heavy atom. The van der Waals surface area contributed by atoms with Crippen molar-refractivity contribution in [2.75, 3.05) is 5.32 Å². The van der Waals surface area contributed by atoms with Crippen LogP contribution in [0.15, 0.2) is 47.3 Å². The number of aromatic amines is 1. The van der Waals surface area contributed by atoms with E-state index in [2.05, 4.69) is 41.4 Å². The monoisotopic (exact) mass is 363 g/mol. The first-order valence-corrected chi connectivity index (χ1v) is 7.40. The fourth-order valence-electron chi connectivity index (χ4n) is 1.89. The van der Waals surface area contributed by atoms with E-state index in [1.807, 2.05) is 30.3 Å². The predicted molar refractivity (Wildman–Crippen MR) is 86.1 cm³/mol. The van der Waals surface area contributed by atoms with Gasteiger partial charge in [0.2, 0.25) is 0 Å². The predicted octanol–water partition coefficient (Wildman–Crippen LogP) is 3.89. The Kier molecular flexibility index (Phi) is 4.17. The number of hydrogen-bond donors (Lipinski definition) is 2. The van der Waals surface area contributed by atoms with Gasteiger partial charge in [-0.1, -0.05) is 29.8 Å². The number of hydrogen-bond acceptors (Lipinski definition) is 4. The topological polar surface area (TPSA) is 66.5 Å². The third kappa shape index (κ3) is 3.40. The number of H-pyrrole nitrogens is 1. The summed E-state index contributed by atoms with van der Waals surface area (Å²) in [5.74, 6) is 0.744. The van der Waals surface area contributed by atoms with Crippen molar-refractivity contribution in [2.45, 2.75) is 6.54 Å². The lowest BCUT2D eigenvalue weighted by Crippen LogP contribution is -2.01. The minimum absolute atomic E-state index is 0.470. The minimum Gasteiger partial charge on any atom is -0.381 e. The number of anilines is 1. The highest BCUT2D eigenvalue weighted by molar-refractivity contribution is 9.10. The summed E-state index contributed by atoms with van der Waals surface area (Å²) in [4.78, 5) is 8.31. The lowest BCUT2D eigenvalue weighted by atomic mass is 10.2. The van der Waals surface area contributed by atoms with E-state index in [1.54, 1.807) is 6.07 Å². The highest BCUT2D eigenvalue weighted by atomic mass is 79.9. The molecule has 0 aliphatic rings.